The quantitative estimate of drug-likeness (QED) is 0.729. The molecule has 6 heteroatoms. The molecule has 1 aliphatic heterocycles. The number of piperazine rings is 1. The zero-order valence-electron chi connectivity index (χ0n) is 16.4. The molecule has 1 N–H and O–H groups in total. The molecular weight excluding hydrogens is 374 g/mol. The van der Waals surface area contributed by atoms with Crippen LogP contribution in [0.4, 0.5) is 5.69 Å². The molecule has 2 aromatic rings. The minimum absolute atomic E-state index is 0.00385. The zero-order chi connectivity index (χ0) is 19.8. The minimum Gasteiger partial charge on any atom is -0.491 e. The molecule has 0 bridgehead atoms. The van der Waals surface area contributed by atoms with Crippen LogP contribution in [0.1, 0.15) is 18.9 Å². The molecule has 28 heavy (non-hydrogen) atoms. The van der Waals surface area contributed by atoms with Gasteiger partial charge >= 0.3 is 0 Å². The predicted molar refractivity (Wildman–Crippen MR) is 114 cm³/mol. The molecule has 1 heterocycles. The number of para-hydroxylation sites is 2. The zero-order valence-corrected chi connectivity index (χ0v) is 17.1. The van der Waals surface area contributed by atoms with Crippen molar-refractivity contribution in [2.24, 2.45) is 0 Å². The summed E-state index contributed by atoms with van der Waals surface area (Å²) in [6.07, 6.45) is 0.932. The van der Waals surface area contributed by atoms with Gasteiger partial charge in [0.25, 0.3) is 0 Å². The van der Waals surface area contributed by atoms with Crippen molar-refractivity contribution in [3.63, 3.8) is 0 Å². The maximum Gasteiger partial charge on any atom is 0.238 e. The number of ether oxygens (including phenoxy) is 1. The third kappa shape index (κ3) is 6.23. The van der Waals surface area contributed by atoms with Crippen molar-refractivity contribution in [1.29, 1.82) is 0 Å². The van der Waals surface area contributed by atoms with Gasteiger partial charge in [0.2, 0.25) is 5.91 Å². The average molecular weight is 402 g/mol. The third-order valence-electron chi connectivity index (χ3n) is 4.75. The van der Waals surface area contributed by atoms with Crippen LogP contribution in [0.3, 0.4) is 0 Å². The summed E-state index contributed by atoms with van der Waals surface area (Å²) in [6, 6.07) is 15.6. The first-order valence-corrected chi connectivity index (χ1v) is 10.2. The molecule has 0 atom stereocenters. The molecule has 0 aliphatic carbocycles. The first-order chi connectivity index (χ1) is 13.6. The fourth-order valence-corrected chi connectivity index (χ4v) is 3.51. The van der Waals surface area contributed by atoms with Gasteiger partial charge in [-0.1, -0.05) is 42.8 Å². The van der Waals surface area contributed by atoms with Crippen molar-refractivity contribution in [3.05, 3.63) is 59.1 Å². The van der Waals surface area contributed by atoms with E-state index in [-0.39, 0.29) is 5.91 Å². The normalized spacial score (nSPS) is 15.4. The van der Waals surface area contributed by atoms with E-state index in [1.807, 2.05) is 42.5 Å². The summed E-state index contributed by atoms with van der Waals surface area (Å²) in [5.41, 5.74) is 1.96. The van der Waals surface area contributed by atoms with Crippen LogP contribution in [0.15, 0.2) is 48.5 Å². The molecule has 1 amide bonds. The SMILES string of the molecule is CCCOc1ccccc1NC(=O)CN1CCN(Cc2cccc(Cl)c2)CC1. The highest BCUT2D eigenvalue weighted by Crippen LogP contribution is 2.24. The summed E-state index contributed by atoms with van der Waals surface area (Å²) in [7, 11) is 0. The summed E-state index contributed by atoms with van der Waals surface area (Å²) in [6.45, 7) is 7.63. The smallest absolute Gasteiger partial charge is 0.238 e. The Bertz CT molecular complexity index is 776. The summed E-state index contributed by atoms with van der Waals surface area (Å²) < 4.78 is 5.71. The molecule has 0 aromatic heterocycles. The molecule has 3 rings (SSSR count). The van der Waals surface area contributed by atoms with Crippen LogP contribution in [0.2, 0.25) is 5.02 Å². The number of amides is 1. The fourth-order valence-electron chi connectivity index (χ4n) is 3.30. The van der Waals surface area contributed by atoms with Gasteiger partial charge in [0.15, 0.2) is 0 Å². The van der Waals surface area contributed by atoms with Crippen LogP contribution in [0.25, 0.3) is 0 Å². The molecule has 0 unspecified atom stereocenters. The summed E-state index contributed by atoms with van der Waals surface area (Å²) in [4.78, 5) is 17.1. The Morgan fingerprint density at radius 1 is 1.07 bits per heavy atom. The number of hydrogen-bond acceptors (Lipinski definition) is 4. The Balaban J connectivity index is 1.45. The summed E-state index contributed by atoms with van der Waals surface area (Å²) in [5.74, 6) is 0.722. The Labute approximate surface area is 172 Å². The third-order valence-corrected chi connectivity index (χ3v) is 4.99. The Kier molecular flexibility index (Phi) is 7.71. The molecule has 0 spiro atoms. The molecule has 5 nitrogen and oxygen atoms in total. The first-order valence-electron chi connectivity index (χ1n) is 9.85. The lowest BCUT2D eigenvalue weighted by molar-refractivity contribution is -0.117. The second kappa shape index (κ2) is 10.5. The van der Waals surface area contributed by atoms with E-state index in [4.69, 9.17) is 16.3 Å². The number of carbonyl (C=O) groups excluding carboxylic acids is 1. The van der Waals surface area contributed by atoms with Crippen molar-refractivity contribution in [3.8, 4) is 5.75 Å². The van der Waals surface area contributed by atoms with Gasteiger partial charge in [-0.3, -0.25) is 14.6 Å². The molecule has 1 aliphatic rings. The lowest BCUT2D eigenvalue weighted by atomic mass is 10.2. The molecule has 2 aromatic carbocycles. The number of anilines is 1. The van der Waals surface area contributed by atoms with Gasteiger partial charge in [-0.2, -0.15) is 0 Å². The van der Waals surface area contributed by atoms with Crippen LogP contribution in [-0.4, -0.2) is 55.0 Å². The maximum atomic E-state index is 12.5. The number of halogens is 1. The van der Waals surface area contributed by atoms with Gasteiger partial charge in [-0.25, -0.2) is 0 Å². The Morgan fingerprint density at radius 3 is 2.57 bits per heavy atom. The summed E-state index contributed by atoms with van der Waals surface area (Å²) >= 11 is 6.07. The van der Waals surface area contributed by atoms with Gasteiger partial charge < -0.3 is 10.1 Å². The average Bonchev–Trinajstić information content (AvgIpc) is 2.69. The highest BCUT2D eigenvalue weighted by atomic mass is 35.5. The van der Waals surface area contributed by atoms with Crippen molar-refractivity contribution < 1.29 is 9.53 Å². The van der Waals surface area contributed by atoms with Crippen LogP contribution < -0.4 is 10.1 Å². The van der Waals surface area contributed by atoms with Crippen molar-refractivity contribution in [2.75, 3.05) is 44.6 Å². The lowest BCUT2D eigenvalue weighted by Gasteiger charge is -2.34. The van der Waals surface area contributed by atoms with E-state index >= 15 is 0 Å². The fraction of sp³-hybridized carbons (Fsp3) is 0.409. The number of nitrogens with zero attached hydrogens (tertiary/aromatic N) is 2. The van der Waals surface area contributed by atoms with Crippen molar-refractivity contribution >= 4 is 23.2 Å². The largest absolute Gasteiger partial charge is 0.491 e. The highest BCUT2D eigenvalue weighted by molar-refractivity contribution is 6.30. The second-order valence-corrected chi connectivity index (χ2v) is 7.51. The van der Waals surface area contributed by atoms with E-state index in [9.17, 15) is 4.79 Å². The van der Waals surface area contributed by atoms with Crippen LogP contribution in [-0.2, 0) is 11.3 Å². The van der Waals surface area contributed by atoms with Gasteiger partial charge in [0, 0.05) is 37.7 Å². The van der Waals surface area contributed by atoms with Gasteiger partial charge in [0.1, 0.15) is 5.75 Å². The van der Waals surface area contributed by atoms with E-state index in [0.717, 1.165) is 55.6 Å². The monoisotopic (exact) mass is 401 g/mol. The predicted octanol–water partition coefficient (Wildman–Crippen LogP) is 3.89. The number of rotatable bonds is 8. The van der Waals surface area contributed by atoms with E-state index in [0.29, 0.717) is 13.2 Å². The molecule has 1 fully saturated rings. The summed E-state index contributed by atoms with van der Waals surface area (Å²) in [5, 5.41) is 3.76. The van der Waals surface area contributed by atoms with Gasteiger partial charge in [-0.05, 0) is 36.2 Å². The van der Waals surface area contributed by atoms with Crippen LogP contribution in [0.5, 0.6) is 5.75 Å². The second-order valence-electron chi connectivity index (χ2n) is 7.08. The molecule has 1 saturated heterocycles. The van der Waals surface area contributed by atoms with Gasteiger partial charge in [-0.15, -0.1) is 0 Å². The molecule has 150 valence electrons. The van der Waals surface area contributed by atoms with Crippen LogP contribution in [0, 0.1) is 0 Å². The van der Waals surface area contributed by atoms with E-state index in [1.165, 1.54) is 5.56 Å². The Morgan fingerprint density at radius 2 is 1.82 bits per heavy atom. The highest BCUT2D eigenvalue weighted by Gasteiger charge is 2.19. The standard InChI is InChI=1S/C22H28ClN3O2/c1-2-14-28-21-9-4-3-8-20(21)24-22(27)17-26-12-10-25(11-13-26)16-18-6-5-7-19(23)15-18/h3-9,15H,2,10-14,16-17H2,1H3,(H,24,27). The lowest BCUT2D eigenvalue weighted by Crippen LogP contribution is -2.48. The number of benzene rings is 2. The molecule has 0 radical (unpaired) electrons. The first kappa shape index (κ1) is 20.6. The van der Waals surface area contributed by atoms with E-state index in [2.05, 4.69) is 28.1 Å². The number of nitrogens with one attached hydrogen (secondary N) is 1. The molecular formula is C22H28ClN3O2. The Hall–Kier alpha value is -2.08. The molecule has 0 saturated carbocycles. The topological polar surface area (TPSA) is 44.8 Å². The maximum absolute atomic E-state index is 12.5. The van der Waals surface area contributed by atoms with Crippen molar-refractivity contribution in [2.45, 2.75) is 19.9 Å². The number of carbonyl (C=O) groups is 1. The van der Waals surface area contributed by atoms with Crippen LogP contribution >= 0.6 is 11.6 Å². The minimum atomic E-state index is -0.00385. The van der Waals surface area contributed by atoms with Gasteiger partial charge in [0.05, 0.1) is 18.8 Å². The van der Waals surface area contributed by atoms with E-state index in [1.54, 1.807) is 0 Å². The van der Waals surface area contributed by atoms with Crippen molar-refractivity contribution in [1.82, 2.24) is 9.80 Å². The van der Waals surface area contributed by atoms with E-state index < -0.39 is 0 Å². The number of hydrogen-bond donors (Lipinski definition) is 1.